The topological polar surface area (TPSA) is 60.9 Å². The second-order valence-electron chi connectivity index (χ2n) is 4.14. The SMILES string of the molecule is Cc1cn(C(C)(C)C)nc1C(N)=O. The van der Waals surface area contributed by atoms with Crippen molar-refractivity contribution in [3.63, 3.8) is 0 Å². The van der Waals surface area contributed by atoms with E-state index in [0.29, 0.717) is 5.69 Å². The van der Waals surface area contributed by atoms with Gasteiger partial charge < -0.3 is 5.73 Å². The first-order valence-corrected chi connectivity index (χ1v) is 4.19. The highest BCUT2D eigenvalue weighted by Gasteiger charge is 2.18. The number of nitrogens with two attached hydrogens (primary N) is 1. The van der Waals surface area contributed by atoms with Crippen LogP contribution in [0.2, 0.25) is 0 Å². The molecule has 0 spiro atoms. The van der Waals surface area contributed by atoms with Gasteiger partial charge in [0, 0.05) is 11.8 Å². The largest absolute Gasteiger partial charge is 0.364 e. The maximum Gasteiger partial charge on any atom is 0.269 e. The number of primary amides is 1. The van der Waals surface area contributed by atoms with Gasteiger partial charge >= 0.3 is 0 Å². The lowest BCUT2D eigenvalue weighted by molar-refractivity contribution is 0.0993. The summed E-state index contributed by atoms with van der Waals surface area (Å²) < 4.78 is 1.75. The molecule has 0 aliphatic carbocycles. The molecule has 0 aromatic carbocycles. The van der Waals surface area contributed by atoms with Gasteiger partial charge in [0.1, 0.15) is 0 Å². The summed E-state index contributed by atoms with van der Waals surface area (Å²) in [6, 6.07) is 0. The maximum atomic E-state index is 10.9. The van der Waals surface area contributed by atoms with E-state index in [1.165, 1.54) is 0 Å². The Morgan fingerprint density at radius 2 is 2.08 bits per heavy atom. The van der Waals surface area contributed by atoms with Crippen LogP contribution in [0, 0.1) is 6.92 Å². The van der Waals surface area contributed by atoms with E-state index >= 15 is 0 Å². The molecular formula is C9H15N3O. The molecule has 13 heavy (non-hydrogen) atoms. The summed E-state index contributed by atoms with van der Waals surface area (Å²) in [4.78, 5) is 10.9. The van der Waals surface area contributed by atoms with Crippen LogP contribution in [0.4, 0.5) is 0 Å². The van der Waals surface area contributed by atoms with E-state index in [9.17, 15) is 4.79 Å². The minimum absolute atomic E-state index is 0.113. The third-order valence-corrected chi connectivity index (χ3v) is 1.82. The Morgan fingerprint density at radius 1 is 1.54 bits per heavy atom. The van der Waals surface area contributed by atoms with E-state index in [1.54, 1.807) is 4.68 Å². The lowest BCUT2D eigenvalue weighted by Gasteiger charge is -2.18. The standard InChI is InChI=1S/C9H15N3O/c1-6-5-12(9(2,3)4)11-7(6)8(10)13/h5H,1-4H3,(H2,10,13). The lowest BCUT2D eigenvalue weighted by atomic mass is 10.1. The molecule has 72 valence electrons. The molecule has 1 heterocycles. The molecule has 0 bridgehead atoms. The van der Waals surface area contributed by atoms with Crippen LogP contribution >= 0.6 is 0 Å². The number of carbonyl (C=O) groups excluding carboxylic acids is 1. The van der Waals surface area contributed by atoms with Crippen molar-refractivity contribution in [2.24, 2.45) is 5.73 Å². The molecule has 4 nitrogen and oxygen atoms in total. The van der Waals surface area contributed by atoms with Crippen molar-refractivity contribution in [3.8, 4) is 0 Å². The highest BCUT2D eigenvalue weighted by molar-refractivity contribution is 5.92. The number of amides is 1. The van der Waals surface area contributed by atoms with Crippen LogP contribution in [0.15, 0.2) is 6.20 Å². The van der Waals surface area contributed by atoms with Gasteiger partial charge in [-0.1, -0.05) is 0 Å². The fraction of sp³-hybridized carbons (Fsp3) is 0.556. The van der Waals surface area contributed by atoms with Crippen LogP contribution in [0.5, 0.6) is 0 Å². The van der Waals surface area contributed by atoms with Gasteiger partial charge in [-0.15, -0.1) is 0 Å². The van der Waals surface area contributed by atoms with Crippen LogP contribution in [0.25, 0.3) is 0 Å². The second kappa shape index (κ2) is 2.87. The first-order chi connectivity index (χ1) is 5.82. The Balaban J connectivity index is 3.17. The molecule has 1 rings (SSSR count). The molecular weight excluding hydrogens is 166 g/mol. The van der Waals surface area contributed by atoms with Crippen molar-refractivity contribution in [2.75, 3.05) is 0 Å². The predicted octanol–water partition coefficient (Wildman–Crippen LogP) is 1.05. The van der Waals surface area contributed by atoms with Crippen LogP contribution in [-0.2, 0) is 5.54 Å². The van der Waals surface area contributed by atoms with Gasteiger partial charge in [-0.25, -0.2) is 0 Å². The van der Waals surface area contributed by atoms with Crippen LogP contribution in [0.1, 0.15) is 36.8 Å². The number of hydrogen-bond donors (Lipinski definition) is 1. The van der Waals surface area contributed by atoms with Crippen LogP contribution in [0.3, 0.4) is 0 Å². The molecule has 0 atom stereocenters. The molecule has 1 aromatic heterocycles. The third kappa shape index (κ3) is 1.88. The molecule has 0 radical (unpaired) electrons. The van der Waals surface area contributed by atoms with E-state index in [0.717, 1.165) is 5.56 Å². The summed E-state index contributed by atoms with van der Waals surface area (Å²) in [5.74, 6) is -0.472. The van der Waals surface area contributed by atoms with E-state index in [2.05, 4.69) is 5.10 Å². The van der Waals surface area contributed by atoms with E-state index < -0.39 is 5.91 Å². The summed E-state index contributed by atoms with van der Waals surface area (Å²) >= 11 is 0. The number of rotatable bonds is 1. The van der Waals surface area contributed by atoms with Gasteiger partial charge in [0.05, 0.1) is 5.54 Å². The fourth-order valence-corrected chi connectivity index (χ4v) is 1.05. The number of hydrogen-bond acceptors (Lipinski definition) is 2. The normalized spacial score (nSPS) is 11.7. The summed E-state index contributed by atoms with van der Waals surface area (Å²) in [5, 5.41) is 4.12. The lowest BCUT2D eigenvalue weighted by Crippen LogP contribution is -2.23. The molecule has 0 aliphatic rings. The minimum Gasteiger partial charge on any atom is -0.364 e. The first kappa shape index (κ1) is 9.77. The molecule has 0 unspecified atom stereocenters. The summed E-state index contributed by atoms with van der Waals surface area (Å²) in [6.07, 6.45) is 1.83. The molecule has 2 N–H and O–H groups in total. The van der Waals surface area contributed by atoms with Gasteiger partial charge in [0.25, 0.3) is 5.91 Å². The minimum atomic E-state index is -0.472. The molecule has 1 amide bonds. The molecule has 4 heteroatoms. The van der Waals surface area contributed by atoms with Crippen molar-refractivity contribution >= 4 is 5.91 Å². The van der Waals surface area contributed by atoms with Gasteiger partial charge in [0.2, 0.25) is 0 Å². The molecule has 0 aliphatic heterocycles. The summed E-state index contributed by atoms with van der Waals surface area (Å²) in [6.45, 7) is 7.88. The zero-order valence-corrected chi connectivity index (χ0v) is 8.46. The average Bonchev–Trinajstić information content (AvgIpc) is 2.29. The monoisotopic (exact) mass is 181 g/mol. The number of carbonyl (C=O) groups is 1. The van der Waals surface area contributed by atoms with Crippen LogP contribution < -0.4 is 5.73 Å². The maximum absolute atomic E-state index is 10.9. The Labute approximate surface area is 77.7 Å². The Kier molecular flexibility index (Phi) is 2.15. The Bertz CT molecular complexity index is 333. The quantitative estimate of drug-likeness (QED) is 0.703. The summed E-state index contributed by atoms with van der Waals surface area (Å²) in [5.41, 5.74) is 6.22. The summed E-state index contributed by atoms with van der Waals surface area (Å²) in [7, 11) is 0. The van der Waals surface area contributed by atoms with Crippen molar-refractivity contribution in [1.29, 1.82) is 0 Å². The van der Waals surface area contributed by atoms with Gasteiger partial charge in [0.15, 0.2) is 5.69 Å². The first-order valence-electron chi connectivity index (χ1n) is 4.19. The van der Waals surface area contributed by atoms with E-state index in [4.69, 9.17) is 5.73 Å². The zero-order chi connectivity index (χ0) is 10.2. The smallest absolute Gasteiger partial charge is 0.269 e. The molecule has 0 saturated carbocycles. The molecule has 0 fully saturated rings. The Hall–Kier alpha value is -1.32. The predicted molar refractivity (Wildman–Crippen MR) is 50.5 cm³/mol. The van der Waals surface area contributed by atoms with Crippen molar-refractivity contribution in [2.45, 2.75) is 33.2 Å². The van der Waals surface area contributed by atoms with Gasteiger partial charge in [-0.05, 0) is 27.7 Å². The van der Waals surface area contributed by atoms with Gasteiger partial charge in [-0.2, -0.15) is 5.10 Å². The molecule has 0 saturated heterocycles. The van der Waals surface area contributed by atoms with Crippen LogP contribution in [-0.4, -0.2) is 15.7 Å². The highest BCUT2D eigenvalue weighted by Crippen LogP contribution is 2.15. The van der Waals surface area contributed by atoms with Crippen molar-refractivity contribution in [1.82, 2.24) is 9.78 Å². The van der Waals surface area contributed by atoms with Gasteiger partial charge in [-0.3, -0.25) is 9.48 Å². The third-order valence-electron chi connectivity index (χ3n) is 1.82. The number of aryl methyl sites for hydroxylation is 1. The van der Waals surface area contributed by atoms with E-state index in [-0.39, 0.29) is 5.54 Å². The number of aromatic nitrogens is 2. The zero-order valence-electron chi connectivity index (χ0n) is 8.46. The van der Waals surface area contributed by atoms with Crippen molar-refractivity contribution in [3.05, 3.63) is 17.5 Å². The van der Waals surface area contributed by atoms with E-state index in [1.807, 2.05) is 33.9 Å². The molecule has 1 aromatic rings. The highest BCUT2D eigenvalue weighted by atomic mass is 16.1. The fourth-order valence-electron chi connectivity index (χ4n) is 1.05. The second-order valence-corrected chi connectivity index (χ2v) is 4.14. The average molecular weight is 181 g/mol. The Morgan fingerprint density at radius 3 is 2.31 bits per heavy atom. The number of nitrogens with zero attached hydrogens (tertiary/aromatic N) is 2. The van der Waals surface area contributed by atoms with Crippen molar-refractivity contribution < 1.29 is 4.79 Å².